The smallest absolute Gasteiger partial charge is 0.285 e. The molecule has 0 bridgehead atoms. The molecule has 1 fully saturated rings. The van der Waals surface area contributed by atoms with Gasteiger partial charge in [-0.2, -0.15) is 8.42 Å². The van der Waals surface area contributed by atoms with Crippen LogP contribution in [0.2, 0.25) is 0 Å². The number of amidine groups is 1. The number of hydrogen-bond donors (Lipinski definition) is 1. The number of sulfonamides is 1. The van der Waals surface area contributed by atoms with Crippen LogP contribution in [-0.4, -0.2) is 44.3 Å². The average Bonchev–Trinajstić information content (AvgIpc) is 2.61. The highest BCUT2D eigenvalue weighted by Crippen LogP contribution is 2.28. The fourth-order valence-corrected chi connectivity index (χ4v) is 4.04. The molecule has 0 radical (unpaired) electrons. The van der Waals surface area contributed by atoms with Crippen molar-refractivity contribution in [2.24, 2.45) is 4.40 Å². The average molecular weight is 279 g/mol. The second-order valence-electron chi connectivity index (χ2n) is 5.26. The van der Waals surface area contributed by atoms with Crippen LogP contribution in [0.25, 0.3) is 0 Å². The molecule has 0 amide bonds. The molecule has 1 saturated heterocycles. The molecular weight excluding hydrogens is 262 g/mol. The van der Waals surface area contributed by atoms with Crippen LogP contribution < -0.4 is 5.32 Å². The Bertz CT molecular complexity index is 629. The molecule has 1 aromatic rings. The first-order valence-electron chi connectivity index (χ1n) is 6.43. The van der Waals surface area contributed by atoms with Gasteiger partial charge in [0.15, 0.2) is 5.84 Å². The highest BCUT2D eigenvalue weighted by molar-refractivity contribution is 7.90. The lowest BCUT2D eigenvalue weighted by atomic mass is 10.1. The summed E-state index contributed by atoms with van der Waals surface area (Å²) in [6.45, 7) is 5.73. The molecule has 2 heterocycles. The summed E-state index contributed by atoms with van der Waals surface area (Å²) < 4.78 is 28.0. The van der Waals surface area contributed by atoms with E-state index in [1.165, 1.54) is 0 Å². The van der Waals surface area contributed by atoms with Crippen LogP contribution in [0.1, 0.15) is 19.4 Å². The Morgan fingerprint density at radius 2 is 1.84 bits per heavy atom. The monoisotopic (exact) mass is 279 g/mol. The van der Waals surface area contributed by atoms with Gasteiger partial charge in [0.25, 0.3) is 10.0 Å². The Labute approximate surface area is 113 Å². The van der Waals surface area contributed by atoms with Crippen LogP contribution in [0.15, 0.2) is 33.6 Å². The maximum atomic E-state index is 12.0. The van der Waals surface area contributed by atoms with Gasteiger partial charge in [-0.1, -0.05) is 12.1 Å². The van der Waals surface area contributed by atoms with Crippen molar-refractivity contribution in [3.63, 3.8) is 0 Å². The van der Waals surface area contributed by atoms with Gasteiger partial charge in [0.05, 0.1) is 0 Å². The summed E-state index contributed by atoms with van der Waals surface area (Å²) in [5.74, 6) is 0.593. The molecule has 6 heteroatoms. The van der Waals surface area contributed by atoms with Gasteiger partial charge in [0.1, 0.15) is 4.90 Å². The molecular formula is C13H17N3O2S. The third kappa shape index (κ3) is 2.15. The normalized spacial score (nSPS) is 28.9. The van der Waals surface area contributed by atoms with E-state index in [-0.39, 0.29) is 0 Å². The number of fused-ring (bicyclic) bond motifs is 1. The molecule has 0 spiro atoms. The lowest BCUT2D eigenvalue weighted by Crippen LogP contribution is -2.55. The zero-order chi connectivity index (χ0) is 13.6. The standard InChI is InChI=1S/C13H17N3O2S/c1-9-7-16(8-10(2)14-9)13-11-5-3-4-6-12(11)19(17,18)15-13/h3-6,9-10,14H,7-8H2,1-2H3. The zero-order valence-corrected chi connectivity index (χ0v) is 11.8. The van der Waals surface area contributed by atoms with Gasteiger partial charge in [0, 0.05) is 30.7 Å². The molecule has 0 saturated carbocycles. The lowest BCUT2D eigenvalue weighted by Gasteiger charge is -2.37. The molecule has 19 heavy (non-hydrogen) atoms. The minimum absolute atomic E-state index is 0.321. The third-order valence-electron chi connectivity index (χ3n) is 3.47. The van der Waals surface area contributed by atoms with Gasteiger partial charge in [-0.25, -0.2) is 0 Å². The molecule has 5 nitrogen and oxygen atoms in total. The summed E-state index contributed by atoms with van der Waals surface area (Å²) in [7, 11) is -3.51. The summed E-state index contributed by atoms with van der Waals surface area (Å²) in [6.07, 6.45) is 0. The highest BCUT2D eigenvalue weighted by Gasteiger charge is 2.34. The van der Waals surface area contributed by atoms with Crippen molar-refractivity contribution in [2.75, 3.05) is 13.1 Å². The summed E-state index contributed by atoms with van der Waals surface area (Å²) in [5.41, 5.74) is 0.726. The van der Waals surface area contributed by atoms with Crippen LogP contribution in [0, 0.1) is 0 Å². The van der Waals surface area contributed by atoms with Crippen LogP contribution >= 0.6 is 0 Å². The van der Waals surface area contributed by atoms with Gasteiger partial charge in [-0.05, 0) is 26.0 Å². The van der Waals surface area contributed by atoms with Crippen molar-refractivity contribution in [3.8, 4) is 0 Å². The summed E-state index contributed by atoms with van der Waals surface area (Å²) in [4.78, 5) is 2.39. The first kappa shape index (κ1) is 12.6. The predicted octanol–water partition coefficient (Wildman–Crippen LogP) is 0.818. The van der Waals surface area contributed by atoms with Gasteiger partial charge in [-0.15, -0.1) is 4.40 Å². The Balaban J connectivity index is 2.03. The second-order valence-corrected chi connectivity index (χ2v) is 6.83. The fourth-order valence-electron chi connectivity index (χ4n) is 2.82. The van der Waals surface area contributed by atoms with E-state index in [2.05, 4.69) is 28.5 Å². The first-order chi connectivity index (χ1) is 8.97. The van der Waals surface area contributed by atoms with Crippen molar-refractivity contribution in [1.82, 2.24) is 10.2 Å². The second kappa shape index (κ2) is 4.31. The number of nitrogens with one attached hydrogen (secondary N) is 1. The molecule has 102 valence electrons. The third-order valence-corrected chi connectivity index (χ3v) is 4.79. The Hall–Kier alpha value is -1.40. The Morgan fingerprint density at radius 3 is 2.53 bits per heavy atom. The molecule has 0 aromatic heterocycles. The topological polar surface area (TPSA) is 61.8 Å². The number of rotatable bonds is 0. The largest absolute Gasteiger partial charge is 0.352 e. The van der Waals surface area contributed by atoms with Crippen molar-refractivity contribution in [2.45, 2.75) is 30.8 Å². The SMILES string of the molecule is CC1CN(C2=NS(=O)(=O)c3ccccc32)CC(C)N1. The Morgan fingerprint density at radius 1 is 1.21 bits per heavy atom. The van der Waals surface area contributed by atoms with Crippen molar-refractivity contribution >= 4 is 15.9 Å². The van der Waals surface area contributed by atoms with E-state index < -0.39 is 10.0 Å². The maximum absolute atomic E-state index is 12.0. The van der Waals surface area contributed by atoms with Crippen molar-refractivity contribution in [3.05, 3.63) is 29.8 Å². The predicted molar refractivity (Wildman–Crippen MR) is 73.8 cm³/mol. The Kier molecular flexibility index (Phi) is 2.87. The molecule has 2 aliphatic rings. The number of hydrogen-bond acceptors (Lipinski definition) is 4. The first-order valence-corrected chi connectivity index (χ1v) is 7.87. The summed E-state index contributed by atoms with van der Waals surface area (Å²) >= 11 is 0. The van der Waals surface area contributed by atoms with E-state index in [1.54, 1.807) is 12.1 Å². The minimum Gasteiger partial charge on any atom is -0.352 e. The number of piperazine rings is 1. The quantitative estimate of drug-likeness (QED) is 0.763. The fraction of sp³-hybridized carbons (Fsp3) is 0.462. The highest BCUT2D eigenvalue weighted by atomic mass is 32.2. The van der Waals surface area contributed by atoms with E-state index in [0.717, 1.165) is 18.7 Å². The van der Waals surface area contributed by atoms with Crippen LogP contribution in [-0.2, 0) is 10.0 Å². The van der Waals surface area contributed by atoms with E-state index in [1.807, 2.05) is 12.1 Å². The summed E-state index contributed by atoms with van der Waals surface area (Å²) in [5, 5.41) is 3.43. The molecule has 3 rings (SSSR count). The minimum atomic E-state index is -3.51. The number of nitrogens with zero attached hydrogens (tertiary/aromatic N) is 2. The van der Waals surface area contributed by atoms with Gasteiger partial charge in [0.2, 0.25) is 0 Å². The molecule has 2 atom stereocenters. The van der Waals surface area contributed by atoms with Crippen LogP contribution in [0.4, 0.5) is 0 Å². The summed E-state index contributed by atoms with van der Waals surface area (Å²) in [6, 6.07) is 7.68. The molecule has 1 N–H and O–H groups in total. The zero-order valence-electron chi connectivity index (χ0n) is 11.0. The van der Waals surface area contributed by atoms with E-state index in [4.69, 9.17) is 0 Å². The molecule has 2 unspecified atom stereocenters. The van der Waals surface area contributed by atoms with E-state index >= 15 is 0 Å². The van der Waals surface area contributed by atoms with Gasteiger partial charge < -0.3 is 10.2 Å². The maximum Gasteiger partial charge on any atom is 0.285 e. The van der Waals surface area contributed by atoms with E-state index in [9.17, 15) is 8.42 Å². The van der Waals surface area contributed by atoms with Gasteiger partial charge >= 0.3 is 0 Å². The van der Waals surface area contributed by atoms with Crippen molar-refractivity contribution < 1.29 is 8.42 Å². The van der Waals surface area contributed by atoms with E-state index in [0.29, 0.717) is 22.8 Å². The van der Waals surface area contributed by atoms with Crippen LogP contribution in [0.5, 0.6) is 0 Å². The lowest BCUT2D eigenvalue weighted by molar-refractivity contribution is 0.255. The van der Waals surface area contributed by atoms with Gasteiger partial charge in [-0.3, -0.25) is 0 Å². The molecule has 0 aliphatic carbocycles. The molecule has 2 aliphatic heterocycles. The number of benzene rings is 1. The van der Waals surface area contributed by atoms with Crippen molar-refractivity contribution in [1.29, 1.82) is 0 Å². The molecule has 1 aromatic carbocycles. The van der Waals surface area contributed by atoms with Crippen LogP contribution in [0.3, 0.4) is 0 Å².